The van der Waals surface area contributed by atoms with E-state index >= 15 is 0 Å². The topological polar surface area (TPSA) is 71.3 Å². The lowest BCUT2D eigenvalue weighted by Crippen LogP contribution is -2.46. The van der Waals surface area contributed by atoms with Gasteiger partial charge in [-0.15, -0.1) is 0 Å². The number of piperidine rings is 2. The van der Waals surface area contributed by atoms with Gasteiger partial charge in [0.25, 0.3) is 5.56 Å². The number of nitrogens with zero attached hydrogens (tertiary/aromatic N) is 5. The minimum absolute atomic E-state index is 0.0268. The van der Waals surface area contributed by atoms with Crippen LogP contribution in [0.2, 0.25) is 0 Å². The van der Waals surface area contributed by atoms with E-state index in [1.807, 2.05) is 61.5 Å². The van der Waals surface area contributed by atoms with Crippen LogP contribution in [0.5, 0.6) is 0 Å². The number of rotatable bonds is 7. The smallest absolute Gasteiger partial charge is 0.262 e. The average Bonchev–Trinajstić information content (AvgIpc) is 3.02. The Balaban J connectivity index is 1.06. The van der Waals surface area contributed by atoms with Crippen LogP contribution in [0.3, 0.4) is 0 Å². The van der Waals surface area contributed by atoms with E-state index in [1.165, 1.54) is 57.0 Å². The number of hydrogen-bond donors (Lipinski definition) is 0. The fourth-order valence-electron chi connectivity index (χ4n) is 6.10. The van der Waals surface area contributed by atoms with E-state index in [0.717, 1.165) is 35.6 Å². The molecule has 2 aliphatic rings. The number of ketones is 1. The van der Waals surface area contributed by atoms with Crippen LogP contribution >= 0.6 is 11.8 Å². The molecular formula is C33H37N5O2S. The van der Waals surface area contributed by atoms with E-state index in [-0.39, 0.29) is 11.3 Å². The molecule has 6 rings (SSSR count). The Morgan fingerprint density at radius 3 is 2.37 bits per heavy atom. The third kappa shape index (κ3) is 5.95. The second-order valence-electron chi connectivity index (χ2n) is 11.3. The number of carbonyl (C=O) groups is 1. The number of thioether (sulfide) groups is 1. The van der Waals surface area contributed by atoms with Crippen molar-refractivity contribution in [3.05, 3.63) is 93.4 Å². The molecule has 0 amide bonds. The van der Waals surface area contributed by atoms with E-state index < -0.39 is 0 Å². The summed E-state index contributed by atoms with van der Waals surface area (Å²) < 4.78 is 1.62. The zero-order chi connectivity index (χ0) is 28.3. The molecule has 0 bridgehead atoms. The first-order chi connectivity index (χ1) is 20.0. The highest BCUT2D eigenvalue weighted by Gasteiger charge is 2.26. The molecule has 2 saturated heterocycles. The van der Waals surface area contributed by atoms with E-state index in [4.69, 9.17) is 4.98 Å². The molecule has 4 aromatic rings. The summed E-state index contributed by atoms with van der Waals surface area (Å²) >= 11 is 1.52. The van der Waals surface area contributed by atoms with Gasteiger partial charge in [-0.05, 0) is 75.0 Å². The number of hydrogen-bond acceptors (Lipinski definition) is 7. The number of aryl methyl sites for hydroxylation is 1. The van der Waals surface area contributed by atoms with Crippen molar-refractivity contribution in [1.82, 2.24) is 19.4 Å². The van der Waals surface area contributed by atoms with E-state index in [9.17, 15) is 9.59 Å². The normalized spacial score (nSPS) is 16.8. The number of pyridine rings is 1. The van der Waals surface area contributed by atoms with Crippen molar-refractivity contribution < 1.29 is 4.79 Å². The molecule has 2 aromatic carbocycles. The van der Waals surface area contributed by atoms with E-state index in [2.05, 4.69) is 14.8 Å². The zero-order valence-corrected chi connectivity index (χ0v) is 24.7. The Labute approximate surface area is 245 Å². The number of benzene rings is 2. The van der Waals surface area contributed by atoms with Crippen LogP contribution in [0.25, 0.3) is 10.9 Å². The van der Waals surface area contributed by atoms with Crippen LogP contribution in [0, 0.1) is 6.92 Å². The third-order valence-corrected chi connectivity index (χ3v) is 9.66. The summed E-state index contributed by atoms with van der Waals surface area (Å²) in [4.78, 5) is 40.5. The lowest BCUT2D eigenvalue weighted by atomic mass is 10.00. The van der Waals surface area contributed by atoms with Gasteiger partial charge in [-0.25, -0.2) is 9.97 Å². The van der Waals surface area contributed by atoms with Crippen LogP contribution in [0.15, 0.2) is 70.7 Å². The predicted octanol–water partition coefficient (Wildman–Crippen LogP) is 5.61. The Morgan fingerprint density at radius 1 is 0.927 bits per heavy atom. The first-order valence-corrected chi connectivity index (χ1v) is 15.6. The Bertz CT molecular complexity index is 1590. The van der Waals surface area contributed by atoms with Gasteiger partial charge in [-0.2, -0.15) is 0 Å². The van der Waals surface area contributed by atoms with Gasteiger partial charge in [-0.1, -0.05) is 54.6 Å². The molecule has 7 nitrogen and oxygen atoms in total. The SMILES string of the molecule is Cc1cccc2nc(SCc3ccc(C(=O)c4ccc(N5CCC(N6CCCCC6)CC5)nc4)cc3)n(C)c(=O)c12. The lowest BCUT2D eigenvalue weighted by Gasteiger charge is -2.40. The molecule has 4 heterocycles. The molecule has 0 spiro atoms. The van der Waals surface area contributed by atoms with E-state index in [0.29, 0.717) is 33.5 Å². The molecule has 2 aliphatic heterocycles. The summed E-state index contributed by atoms with van der Waals surface area (Å²) in [5.41, 5.74) is 3.93. The molecule has 2 fully saturated rings. The molecular weight excluding hydrogens is 530 g/mol. The molecule has 2 aromatic heterocycles. The molecule has 0 atom stereocenters. The number of fused-ring (bicyclic) bond motifs is 1. The molecule has 0 aliphatic carbocycles. The summed E-state index contributed by atoms with van der Waals surface area (Å²) in [6.45, 7) is 6.47. The summed E-state index contributed by atoms with van der Waals surface area (Å²) in [6, 6.07) is 18.0. The Kier molecular flexibility index (Phi) is 8.21. The standard InChI is InChI=1S/C33H37N5O2S/c1-23-7-6-8-28-30(23)32(40)36(2)33(35-28)41-22-24-9-11-25(12-10-24)31(39)26-13-14-29(34-21-26)38-19-15-27(16-20-38)37-17-4-3-5-18-37/h6-14,21,27H,3-5,15-20,22H2,1-2H3. The molecule has 41 heavy (non-hydrogen) atoms. The highest BCUT2D eigenvalue weighted by Crippen LogP contribution is 2.25. The number of aromatic nitrogens is 3. The van der Waals surface area contributed by atoms with Crippen LogP contribution in [-0.4, -0.2) is 57.4 Å². The monoisotopic (exact) mass is 567 g/mol. The maximum Gasteiger partial charge on any atom is 0.262 e. The van der Waals surface area contributed by atoms with Crippen molar-refractivity contribution in [3.8, 4) is 0 Å². The Hall–Kier alpha value is -3.49. The van der Waals surface area contributed by atoms with Crippen LogP contribution in [0.1, 0.15) is 59.2 Å². The minimum Gasteiger partial charge on any atom is -0.357 e. The van der Waals surface area contributed by atoms with Gasteiger partial charge >= 0.3 is 0 Å². The Morgan fingerprint density at radius 2 is 1.66 bits per heavy atom. The quantitative estimate of drug-likeness (QED) is 0.163. The lowest BCUT2D eigenvalue weighted by molar-refractivity contribution is 0.103. The van der Waals surface area contributed by atoms with Crippen molar-refractivity contribution in [2.45, 2.75) is 56.0 Å². The fourth-order valence-corrected chi connectivity index (χ4v) is 7.03. The molecule has 0 unspecified atom stereocenters. The molecule has 0 N–H and O–H groups in total. The van der Waals surface area contributed by atoms with E-state index in [1.54, 1.807) is 17.8 Å². The van der Waals surface area contributed by atoms with Gasteiger partial charge < -0.3 is 9.80 Å². The minimum atomic E-state index is -0.0295. The van der Waals surface area contributed by atoms with Gasteiger partial charge in [-0.3, -0.25) is 14.2 Å². The van der Waals surface area contributed by atoms with Gasteiger partial charge in [0.2, 0.25) is 0 Å². The van der Waals surface area contributed by atoms with Crippen molar-refractivity contribution in [2.75, 3.05) is 31.1 Å². The third-order valence-electron chi connectivity index (χ3n) is 8.56. The summed E-state index contributed by atoms with van der Waals surface area (Å²) in [6.07, 6.45) is 8.12. The fraction of sp³-hybridized carbons (Fsp3) is 0.394. The highest BCUT2D eigenvalue weighted by atomic mass is 32.2. The highest BCUT2D eigenvalue weighted by molar-refractivity contribution is 7.98. The number of likely N-dealkylation sites (tertiary alicyclic amines) is 1. The van der Waals surface area contributed by atoms with Gasteiger partial charge in [0.1, 0.15) is 5.82 Å². The van der Waals surface area contributed by atoms with Gasteiger partial charge in [0.05, 0.1) is 10.9 Å². The molecule has 8 heteroatoms. The zero-order valence-electron chi connectivity index (χ0n) is 23.9. The first kappa shape index (κ1) is 27.7. The predicted molar refractivity (Wildman–Crippen MR) is 166 cm³/mol. The molecule has 0 saturated carbocycles. The largest absolute Gasteiger partial charge is 0.357 e. The second-order valence-corrected chi connectivity index (χ2v) is 12.2. The summed E-state index contributed by atoms with van der Waals surface area (Å²) in [7, 11) is 1.77. The number of carbonyl (C=O) groups excluding carboxylic acids is 1. The van der Waals surface area contributed by atoms with Gasteiger partial charge in [0.15, 0.2) is 10.9 Å². The molecule has 0 radical (unpaired) electrons. The van der Waals surface area contributed by atoms with Crippen LogP contribution in [0.4, 0.5) is 5.82 Å². The second kappa shape index (κ2) is 12.2. The van der Waals surface area contributed by atoms with Crippen molar-refractivity contribution in [2.24, 2.45) is 7.05 Å². The molecule has 212 valence electrons. The van der Waals surface area contributed by atoms with Crippen LogP contribution < -0.4 is 10.5 Å². The maximum absolute atomic E-state index is 13.2. The van der Waals surface area contributed by atoms with Gasteiger partial charge in [0, 0.05) is 49.3 Å². The van der Waals surface area contributed by atoms with Crippen molar-refractivity contribution in [3.63, 3.8) is 0 Å². The first-order valence-electron chi connectivity index (χ1n) is 14.7. The summed E-state index contributed by atoms with van der Waals surface area (Å²) in [5, 5.41) is 1.34. The van der Waals surface area contributed by atoms with Crippen molar-refractivity contribution >= 4 is 34.3 Å². The maximum atomic E-state index is 13.2. The average molecular weight is 568 g/mol. The summed E-state index contributed by atoms with van der Waals surface area (Å²) in [5.74, 6) is 1.58. The van der Waals surface area contributed by atoms with Crippen LogP contribution in [-0.2, 0) is 12.8 Å². The van der Waals surface area contributed by atoms with Crippen molar-refractivity contribution in [1.29, 1.82) is 0 Å². The number of anilines is 1.